The lowest BCUT2D eigenvalue weighted by Gasteiger charge is -2.11. The van der Waals surface area contributed by atoms with E-state index in [1.807, 2.05) is 48.5 Å². The maximum Gasteiger partial charge on any atom is 0.243 e. The van der Waals surface area contributed by atoms with Crippen molar-refractivity contribution in [3.63, 3.8) is 0 Å². The summed E-state index contributed by atoms with van der Waals surface area (Å²) >= 11 is 0. The Morgan fingerprint density at radius 3 is 2.45 bits per heavy atom. The average molecular weight is 426 g/mol. The number of ether oxygens (including phenoxy) is 1. The van der Waals surface area contributed by atoms with E-state index >= 15 is 0 Å². The van der Waals surface area contributed by atoms with Gasteiger partial charge in [-0.25, -0.2) is 0 Å². The summed E-state index contributed by atoms with van der Waals surface area (Å²) in [7, 11) is 3.51. The first-order chi connectivity index (χ1) is 15.0. The Kier molecular flexibility index (Phi) is 10.4. The molecule has 2 aromatic rings. The number of unbranched alkanes of at least 4 members (excludes halogenated alkanes) is 3. The second-order valence-corrected chi connectivity index (χ2v) is 7.82. The van der Waals surface area contributed by atoms with Crippen LogP contribution >= 0.6 is 0 Å². The van der Waals surface area contributed by atoms with Crippen molar-refractivity contribution < 1.29 is 14.3 Å². The fourth-order valence-corrected chi connectivity index (χ4v) is 3.03. The zero-order valence-corrected chi connectivity index (χ0v) is 18.9. The van der Waals surface area contributed by atoms with Crippen molar-refractivity contribution in [3.8, 4) is 5.75 Å². The third-order valence-electron chi connectivity index (χ3n) is 4.92. The van der Waals surface area contributed by atoms with Gasteiger partial charge < -0.3 is 20.3 Å². The van der Waals surface area contributed by atoms with Crippen molar-refractivity contribution in [1.82, 2.24) is 4.90 Å². The lowest BCUT2D eigenvalue weighted by molar-refractivity contribution is -0.128. The summed E-state index contributed by atoms with van der Waals surface area (Å²) in [6.07, 6.45) is 5.85. The molecule has 31 heavy (non-hydrogen) atoms. The van der Waals surface area contributed by atoms with Gasteiger partial charge in [-0.1, -0.05) is 44.4 Å². The molecule has 0 saturated heterocycles. The van der Waals surface area contributed by atoms with Crippen LogP contribution in [0.2, 0.25) is 0 Å². The molecule has 0 atom stereocenters. The molecule has 0 bridgehead atoms. The van der Waals surface area contributed by atoms with Crippen LogP contribution in [0.15, 0.2) is 48.5 Å². The van der Waals surface area contributed by atoms with Gasteiger partial charge in [-0.3, -0.25) is 9.59 Å². The summed E-state index contributed by atoms with van der Waals surface area (Å²) in [6.45, 7) is 3.07. The van der Waals surface area contributed by atoms with Crippen molar-refractivity contribution in [1.29, 1.82) is 0 Å². The third kappa shape index (κ3) is 9.55. The van der Waals surface area contributed by atoms with Gasteiger partial charge in [0.15, 0.2) is 0 Å². The highest BCUT2D eigenvalue weighted by Crippen LogP contribution is 2.18. The van der Waals surface area contributed by atoms with E-state index in [0.717, 1.165) is 29.1 Å². The molecule has 6 heteroatoms. The minimum atomic E-state index is -0.124. The van der Waals surface area contributed by atoms with E-state index in [1.54, 1.807) is 19.0 Å². The van der Waals surface area contributed by atoms with Crippen LogP contribution in [0.5, 0.6) is 5.75 Å². The topological polar surface area (TPSA) is 70.7 Å². The molecule has 0 heterocycles. The number of hydrogen-bond donors (Lipinski definition) is 2. The highest BCUT2D eigenvalue weighted by Gasteiger charge is 2.06. The Labute approximate surface area is 186 Å². The summed E-state index contributed by atoms with van der Waals surface area (Å²) in [5.74, 6) is 0.793. The van der Waals surface area contributed by atoms with Gasteiger partial charge in [0, 0.05) is 38.0 Å². The highest BCUT2D eigenvalue weighted by molar-refractivity contribution is 5.93. The van der Waals surface area contributed by atoms with Gasteiger partial charge in [0.2, 0.25) is 11.8 Å². The van der Waals surface area contributed by atoms with Gasteiger partial charge in [0.05, 0.1) is 13.2 Å². The Morgan fingerprint density at radius 2 is 1.74 bits per heavy atom. The van der Waals surface area contributed by atoms with Crippen molar-refractivity contribution >= 4 is 23.2 Å². The summed E-state index contributed by atoms with van der Waals surface area (Å²) in [5.41, 5.74) is 2.65. The van der Waals surface area contributed by atoms with Crippen LogP contribution in [0.1, 0.15) is 44.6 Å². The zero-order chi connectivity index (χ0) is 22.5. The van der Waals surface area contributed by atoms with Gasteiger partial charge in [-0.15, -0.1) is 0 Å². The van der Waals surface area contributed by atoms with Gasteiger partial charge >= 0.3 is 0 Å². The second kappa shape index (κ2) is 13.3. The maximum absolute atomic E-state index is 12.3. The van der Waals surface area contributed by atoms with Crippen molar-refractivity contribution in [2.24, 2.45) is 0 Å². The van der Waals surface area contributed by atoms with Gasteiger partial charge in [0.25, 0.3) is 0 Å². The number of amides is 2. The normalized spacial score (nSPS) is 10.4. The Bertz CT molecular complexity index is 819. The van der Waals surface area contributed by atoms with Gasteiger partial charge in [0.1, 0.15) is 5.75 Å². The summed E-state index contributed by atoms with van der Waals surface area (Å²) in [5, 5.41) is 6.02. The van der Waals surface area contributed by atoms with Crippen LogP contribution in [0.25, 0.3) is 0 Å². The molecular formula is C25H35N3O3. The quantitative estimate of drug-likeness (QED) is 0.456. The predicted octanol–water partition coefficient (Wildman–Crippen LogP) is 4.72. The molecule has 0 aromatic heterocycles. The van der Waals surface area contributed by atoms with Crippen molar-refractivity contribution in [2.75, 3.05) is 37.9 Å². The van der Waals surface area contributed by atoms with Crippen molar-refractivity contribution in [2.45, 2.75) is 45.4 Å². The number of carbonyl (C=O) groups excluding carboxylic acids is 2. The predicted molar refractivity (Wildman–Crippen MR) is 127 cm³/mol. The number of hydrogen-bond acceptors (Lipinski definition) is 4. The van der Waals surface area contributed by atoms with E-state index in [-0.39, 0.29) is 18.4 Å². The fourth-order valence-electron chi connectivity index (χ4n) is 3.03. The van der Waals surface area contributed by atoms with E-state index in [2.05, 4.69) is 17.6 Å². The molecule has 168 valence electrons. The summed E-state index contributed by atoms with van der Waals surface area (Å²) in [4.78, 5) is 25.5. The molecule has 2 aromatic carbocycles. The number of anilines is 2. The van der Waals surface area contributed by atoms with Crippen LogP contribution in [-0.2, 0) is 16.0 Å². The molecule has 6 nitrogen and oxygen atoms in total. The van der Waals surface area contributed by atoms with E-state index in [0.29, 0.717) is 19.4 Å². The van der Waals surface area contributed by atoms with Gasteiger partial charge in [-0.2, -0.15) is 0 Å². The van der Waals surface area contributed by atoms with Crippen LogP contribution in [0.4, 0.5) is 11.4 Å². The molecule has 0 aliphatic carbocycles. The van der Waals surface area contributed by atoms with Crippen LogP contribution in [0, 0.1) is 0 Å². The average Bonchev–Trinajstić information content (AvgIpc) is 2.77. The lowest BCUT2D eigenvalue weighted by atomic mass is 10.1. The van der Waals surface area contributed by atoms with Crippen molar-refractivity contribution in [3.05, 3.63) is 54.1 Å². The number of nitrogens with zero attached hydrogens (tertiary/aromatic N) is 1. The molecule has 0 fully saturated rings. The molecule has 0 unspecified atom stereocenters. The molecule has 0 aliphatic heterocycles. The molecule has 0 saturated carbocycles. The number of benzene rings is 2. The van der Waals surface area contributed by atoms with E-state index in [1.165, 1.54) is 19.3 Å². The molecule has 2 rings (SSSR count). The fraction of sp³-hybridized carbons (Fsp3) is 0.440. The monoisotopic (exact) mass is 425 g/mol. The lowest BCUT2D eigenvalue weighted by Crippen LogP contribution is -2.22. The Morgan fingerprint density at radius 1 is 0.968 bits per heavy atom. The SMILES string of the molecule is CCCCCCOc1cccc(NCC(=O)Nc2ccc(CCC(=O)N(C)C)cc2)c1. The van der Waals surface area contributed by atoms with E-state index in [4.69, 9.17) is 4.74 Å². The number of carbonyl (C=O) groups is 2. The zero-order valence-electron chi connectivity index (χ0n) is 18.9. The smallest absolute Gasteiger partial charge is 0.243 e. The first-order valence-corrected chi connectivity index (χ1v) is 11.0. The Balaban J connectivity index is 1.74. The van der Waals surface area contributed by atoms with Gasteiger partial charge in [-0.05, 0) is 42.7 Å². The number of aryl methyl sites for hydroxylation is 1. The van der Waals surface area contributed by atoms with Crippen LogP contribution in [-0.4, -0.2) is 44.0 Å². The first kappa shape index (κ1) is 24.3. The standard InChI is InChI=1S/C25H35N3O3/c1-4-5-6-7-17-31-23-10-8-9-22(18-23)26-19-24(29)27-21-14-11-20(12-15-21)13-16-25(30)28(2)3/h8-12,14-15,18,26H,4-7,13,16-17,19H2,1-3H3,(H,27,29). The van der Waals surface area contributed by atoms with Crippen LogP contribution < -0.4 is 15.4 Å². The third-order valence-corrected chi connectivity index (χ3v) is 4.92. The Hall–Kier alpha value is -3.02. The minimum absolute atomic E-state index is 0.106. The summed E-state index contributed by atoms with van der Waals surface area (Å²) < 4.78 is 5.79. The molecule has 0 aliphatic rings. The number of rotatable bonds is 13. The first-order valence-electron chi connectivity index (χ1n) is 11.0. The van der Waals surface area contributed by atoms with E-state index in [9.17, 15) is 9.59 Å². The number of nitrogens with one attached hydrogen (secondary N) is 2. The summed E-state index contributed by atoms with van der Waals surface area (Å²) in [6, 6.07) is 15.3. The van der Waals surface area contributed by atoms with E-state index < -0.39 is 0 Å². The largest absolute Gasteiger partial charge is 0.494 e. The molecule has 0 radical (unpaired) electrons. The van der Waals surface area contributed by atoms with Crippen LogP contribution in [0.3, 0.4) is 0 Å². The molecule has 2 N–H and O–H groups in total. The highest BCUT2D eigenvalue weighted by atomic mass is 16.5. The minimum Gasteiger partial charge on any atom is -0.494 e. The second-order valence-electron chi connectivity index (χ2n) is 7.82. The molecule has 2 amide bonds. The molecule has 0 spiro atoms. The maximum atomic E-state index is 12.3. The molecular weight excluding hydrogens is 390 g/mol.